The average Bonchev–Trinajstić information content (AvgIpc) is 3.44. The Morgan fingerprint density at radius 1 is 1.11 bits per heavy atom. The predicted molar refractivity (Wildman–Crippen MR) is 129 cm³/mol. The van der Waals surface area contributed by atoms with E-state index in [0.717, 1.165) is 22.3 Å². The lowest BCUT2D eigenvalue weighted by atomic mass is 9.98. The molecule has 9 heteroatoms. The molecular formula is C26H31N3O6. The fraction of sp³-hybridized carbons (Fsp3) is 0.423. The van der Waals surface area contributed by atoms with E-state index in [-0.39, 0.29) is 32.2 Å². The van der Waals surface area contributed by atoms with Gasteiger partial charge in [-0.1, -0.05) is 48.5 Å². The molecule has 2 aromatic carbocycles. The Morgan fingerprint density at radius 2 is 1.74 bits per heavy atom. The van der Waals surface area contributed by atoms with Crippen molar-refractivity contribution < 1.29 is 29.0 Å². The molecule has 1 heterocycles. The van der Waals surface area contributed by atoms with Crippen molar-refractivity contribution in [3.8, 4) is 11.1 Å². The van der Waals surface area contributed by atoms with E-state index in [1.165, 1.54) is 0 Å². The van der Waals surface area contributed by atoms with E-state index in [9.17, 15) is 19.5 Å². The fourth-order valence-corrected chi connectivity index (χ4v) is 4.65. The molecule has 1 saturated heterocycles. The second-order valence-corrected chi connectivity index (χ2v) is 9.29. The number of ether oxygens (including phenoxy) is 2. The monoisotopic (exact) mass is 481 g/mol. The van der Waals surface area contributed by atoms with Crippen LogP contribution in [0.15, 0.2) is 48.5 Å². The first-order chi connectivity index (χ1) is 16.8. The van der Waals surface area contributed by atoms with Crippen LogP contribution in [0.1, 0.15) is 29.9 Å². The molecule has 0 bridgehead atoms. The van der Waals surface area contributed by atoms with Crippen molar-refractivity contribution in [1.29, 1.82) is 0 Å². The number of nitrogens with zero attached hydrogens (tertiary/aromatic N) is 1. The van der Waals surface area contributed by atoms with E-state index in [1.54, 1.807) is 0 Å². The lowest BCUT2D eigenvalue weighted by molar-refractivity contribution is -0.148. The maximum atomic E-state index is 13.0. The summed E-state index contributed by atoms with van der Waals surface area (Å²) in [5, 5.41) is 14.9. The highest BCUT2D eigenvalue weighted by Gasteiger charge is 2.45. The first-order valence-electron chi connectivity index (χ1n) is 11.7. The molecule has 0 saturated carbocycles. The highest BCUT2D eigenvalue weighted by molar-refractivity contribution is 5.91. The van der Waals surface area contributed by atoms with Gasteiger partial charge in [-0.15, -0.1) is 0 Å². The number of aliphatic carboxylic acids is 1. The number of hydrogen-bond donors (Lipinski definition) is 3. The third-order valence-electron chi connectivity index (χ3n) is 6.61. The highest BCUT2D eigenvalue weighted by Crippen LogP contribution is 2.44. The Morgan fingerprint density at radius 3 is 2.29 bits per heavy atom. The van der Waals surface area contributed by atoms with Gasteiger partial charge in [-0.25, -0.2) is 9.59 Å². The zero-order valence-electron chi connectivity index (χ0n) is 20.0. The molecule has 2 unspecified atom stereocenters. The second kappa shape index (κ2) is 10.5. The van der Waals surface area contributed by atoms with Crippen LogP contribution < -0.4 is 10.6 Å². The molecular weight excluding hydrogens is 450 g/mol. The topological polar surface area (TPSA) is 117 Å². The Kier molecular flexibility index (Phi) is 7.37. The van der Waals surface area contributed by atoms with Gasteiger partial charge in [0.05, 0.1) is 6.61 Å². The van der Waals surface area contributed by atoms with Crippen LogP contribution in [-0.4, -0.2) is 80.0 Å². The molecule has 0 radical (unpaired) electrons. The quantitative estimate of drug-likeness (QED) is 0.503. The SMILES string of the molecule is CN(C)CCC(NC(=O)OCC1c2ccccc2-c2ccccc21)C(=O)NC1(C(=O)O)CCOC1. The van der Waals surface area contributed by atoms with Gasteiger partial charge < -0.3 is 30.1 Å². The number of carbonyl (C=O) groups excluding carboxylic acids is 2. The van der Waals surface area contributed by atoms with Crippen molar-refractivity contribution in [1.82, 2.24) is 15.5 Å². The van der Waals surface area contributed by atoms with Gasteiger partial charge in [0.25, 0.3) is 0 Å². The van der Waals surface area contributed by atoms with Gasteiger partial charge in [-0.3, -0.25) is 4.79 Å². The summed E-state index contributed by atoms with van der Waals surface area (Å²) in [6, 6.07) is 15.1. The summed E-state index contributed by atoms with van der Waals surface area (Å²) in [5.41, 5.74) is 2.94. The Bertz CT molecular complexity index is 1050. The van der Waals surface area contributed by atoms with Crippen molar-refractivity contribution in [2.75, 3.05) is 40.5 Å². The number of hydrogen-bond acceptors (Lipinski definition) is 6. The van der Waals surface area contributed by atoms with E-state index in [4.69, 9.17) is 9.47 Å². The lowest BCUT2D eigenvalue weighted by Crippen LogP contribution is -2.60. The molecule has 4 rings (SSSR count). The van der Waals surface area contributed by atoms with Crippen LogP contribution in [0, 0.1) is 0 Å². The van der Waals surface area contributed by atoms with Crippen molar-refractivity contribution in [3.05, 3.63) is 59.7 Å². The molecule has 186 valence electrons. The summed E-state index contributed by atoms with van der Waals surface area (Å²) >= 11 is 0. The maximum absolute atomic E-state index is 13.0. The molecule has 2 aromatic rings. The molecule has 3 N–H and O–H groups in total. The van der Waals surface area contributed by atoms with Gasteiger partial charge in [-0.05, 0) is 49.3 Å². The fourth-order valence-electron chi connectivity index (χ4n) is 4.65. The average molecular weight is 482 g/mol. The molecule has 0 aromatic heterocycles. The minimum atomic E-state index is -1.49. The summed E-state index contributed by atoms with van der Waals surface area (Å²) in [6.45, 7) is 0.765. The van der Waals surface area contributed by atoms with Crippen LogP contribution >= 0.6 is 0 Å². The van der Waals surface area contributed by atoms with E-state index in [1.807, 2.05) is 55.4 Å². The number of rotatable bonds is 9. The minimum Gasteiger partial charge on any atom is -0.479 e. The number of nitrogens with one attached hydrogen (secondary N) is 2. The van der Waals surface area contributed by atoms with Gasteiger partial charge in [0.2, 0.25) is 5.91 Å². The van der Waals surface area contributed by atoms with Crippen LogP contribution in [0.25, 0.3) is 11.1 Å². The molecule has 2 amide bonds. The number of carboxylic acid groups (broad SMARTS) is 1. The highest BCUT2D eigenvalue weighted by atomic mass is 16.5. The lowest BCUT2D eigenvalue weighted by Gasteiger charge is -2.27. The Balaban J connectivity index is 1.43. The van der Waals surface area contributed by atoms with Crippen LogP contribution in [0.3, 0.4) is 0 Å². The third kappa shape index (κ3) is 5.31. The number of fused-ring (bicyclic) bond motifs is 3. The summed E-state index contributed by atoms with van der Waals surface area (Å²) < 4.78 is 10.8. The molecule has 2 atom stereocenters. The number of alkyl carbamates (subject to hydrolysis) is 1. The normalized spacial score (nSPS) is 19.6. The van der Waals surface area contributed by atoms with Gasteiger partial charge in [-0.2, -0.15) is 0 Å². The van der Waals surface area contributed by atoms with Gasteiger partial charge in [0.1, 0.15) is 12.6 Å². The standard InChI is InChI=1S/C26H31N3O6/c1-29(2)13-11-22(23(30)28-26(24(31)32)12-14-34-16-26)27-25(33)35-15-21-19-9-5-3-7-17(19)18-8-4-6-10-20(18)21/h3-10,21-22H,11-16H2,1-2H3,(H,27,33)(H,28,30)(H,31,32). The van der Waals surface area contributed by atoms with E-state index in [0.29, 0.717) is 13.0 Å². The van der Waals surface area contributed by atoms with Crippen molar-refractivity contribution in [3.63, 3.8) is 0 Å². The smallest absolute Gasteiger partial charge is 0.407 e. The molecule has 35 heavy (non-hydrogen) atoms. The van der Waals surface area contributed by atoms with Crippen molar-refractivity contribution >= 4 is 18.0 Å². The first-order valence-corrected chi connectivity index (χ1v) is 11.7. The number of benzene rings is 2. The van der Waals surface area contributed by atoms with E-state index in [2.05, 4.69) is 22.8 Å². The molecule has 0 spiro atoms. The zero-order chi connectivity index (χ0) is 25.0. The first kappa shape index (κ1) is 24.7. The summed E-state index contributed by atoms with van der Waals surface area (Å²) in [4.78, 5) is 39.5. The van der Waals surface area contributed by atoms with E-state index < -0.39 is 29.6 Å². The maximum Gasteiger partial charge on any atom is 0.407 e. The molecule has 1 aliphatic carbocycles. The third-order valence-corrected chi connectivity index (χ3v) is 6.61. The zero-order valence-corrected chi connectivity index (χ0v) is 20.0. The summed E-state index contributed by atoms with van der Waals surface area (Å²) in [7, 11) is 3.71. The molecule has 9 nitrogen and oxygen atoms in total. The number of amides is 2. The Labute approximate surface area is 204 Å². The van der Waals surface area contributed by atoms with Gasteiger partial charge in [0, 0.05) is 18.9 Å². The number of carbonyl (C=O) groups is 3. The van der Waals surface area contributed by atoms with Crippen molar-refractivity contribution in [2.24, 2.45) is 0 Å². The van der Waals surface area contributed by atoms with E-state index >= 15 is 0 Å². The molecule has 1 fully saturated rings. The molecule has 1 aliphatic heterocycles. The predicted octanol–water partition coefficient (Wildman–Crippen LogP) is 2.21. The van der Waals surface area contributed by atoms with Gasteiger partial charge in [0.15, 0.2) is 5.54 Å². The van der Waals surface area contributed by atoms with Crippen molar-refractivity contribution in [2.45, 2.75) is 30.3 Å². The summed E-state index contributed by atoms with van der Waals surface area (Å²) in [5.74, 6) is -1.84. The second-order valence-electron chi connectivity index (χ2n) is 9.29. The van der Waals surface area contributed by atoms with Gasteiger partial charge >= 0.3 is 12.1 Å². The van der Waals surface area contributed by atoms with Crippen LogP contribution in [0.2, 0.25) is 0 Å². The number of carboxylic acids is 1. The summed E-state index contributed by atoms with van der Waals surface area (Å²) in [6.07, 6.45) is -0.267. The van der Waals surface area contributed by atoms with Crippen LogP contribution in [-0.2, 0) is 19.1 Å². The largest absolute Gasteiger partial charge is 0.479 e. The molecule has 2 aliphatic rings. The Hall–Kier alpha value is -3.43. The van der Waals surface area contributed by atoms with Crippen LogP contribution in [0.4, 0.5) is 4.79 Å². The van der Waals surface area contributed by atoms with Crippen LogP contribution in [0.5, 0.6) is 0 Å². The minimum absolute atomic E-state index is 0.104.